The lowest BCUT2D eigenvalue weighted by Gasteiger charge is -2.13. The number of halogens is 4. The van der Waals surface area contributed by atoms with Crippen LogP contribution in [0.25, 0.3) is 0 Å². The van der Waals surface area contributed by atoms with Gasteiger partial charge in [0.2, 0.25) is 0 Å². The van der Waals surface area contributed by atoms with Crippen LogP contribution in [0.3, 0.4) is 0 Å². The Morgan fingerprint density at radius 3 is 2.17 bits per heavy atom. The van der Waals surface area contributed by atoms with Crippen LogP contribution in [0.2, 0.25) is 10.0 Å². The third-order valence-electron chi connectivity index (χ3n) is 3.02. The molecule has 0 aliphatic rings. The molecule has 2 rings (SSSR count). The van der Waals surface area contributed by atoms with Gasteiger partial charge < -0.3 is 15.2 Å². The fourth-order valence-corrected chi connectivity index (χ4v) is 3.93. The van der Waals surface area contributed by atoms with E-state index in [0.29, 0.717) is 13.2 Å². The summed E-state index contributed by atoms with van der Waals surface area (Å²) in [6.07, 6.45) is 0.949. The van der Waals surface area contributed by atoms with Gasteiger partial charge >= 0.3 is 0 Å². The van der Waals surface area contributed by atoms with E-state index in [1.807, 2.05) is 12.1 Å². The van der Waals surface area contributed by atoms with Crippen molar-refractivity contribution in [3.05, 3.63) is 48.8 Å². The lowest BCUT2D eigenvalue weighted by atomic mass is 10.2. The summed E-state index contributed by atoms with van der Waals surface area (Å²) in [5, 5.41) is 13.2. The summed E-state index contributed by atoms with van der Waals surface area (Å²) in [7, 11) is 0. The van der Waals surface area contributed by atoms with Gasteiger partial charge in [0.05, 0.1) is 25.6 Å². The molecule has 0 amide bonds. The van der Waals surface area contributed by atoms with E-state index in [2.05, 4.69) is 44.1 Å². The minimum absolute atomic E-state index is 0.109. The number of hydrogen-bond acceptors (Lipinski definition) is 3. The van der Waals surface area contributed by atoms with Crippen LogP contribution in [0.15, 0.2) is 33.2 Å². The van der Waals surface area contributed by atoms with E-state index in [4.69, 9.17) is 27.9 Å². The topological polar surface area (TPSA) is 41.5 Å². The predicted molar refractivity (Wildman–Crippen MR) is 103 cm³/mol. The van der Waals surface area contributed by atoms with E-state index in [0.717, 1.165) is 32.4 Å². The monoisotopic (exact) mass is 481 g/mol. The molecule has 0 fully saturated rings. The molecule has 0 aliphatic heterocycles. The fraction of sp³-hybridized carbons (Fsp3) is 0.250. The van der Waals surface area contributed by atoms with Crippen molar-refractivity contribution in [3.63, 3.8) is 0 Å². The van der Waals surface area contributed by atoms with E-state index in [-0.39, 0.29) is 15.8 Å². The van der Waals surface area contributed by atoms with E-state index < -0.39 is 0 Å². The first-order valence-corrected chi connectivity index (χ1v) is 9.29. The second-order valence-corrected chi connectivity index (χ2v) is 7.40. The van der Waals surface area contributed by atoms with Gasteiger partial charge in [-0.3, -0.25) is 0 Å². The molecule has 0 aromatic heterocycles. The first-order valence-electron chi connectivity index (χ1n) is 6.95. The molecule has 0 spiro atoms. The lowest BCUT2D eigenvalue weighted by molar-refractivity contribution is 0.313. The summed E-state index contributed by atoms with van der Waals surface area (Å²) in [6, 6.07) is 7.25. The summed E-state index contributed by atoms with van der Waals surface area (Å²) in [6.45, 7) is 3.30. The molecule has 0 saturated heterocycles. The van der Waals surface area contributed by atoms with Crippen LogP contribution >= 0.6 is 55.1 Å². The minimum Gasteiger partial charge on any atom is -0.505 e. The Labute approximate surface area is 162 Å². The van der Waals surface area contributed by atoms with Gasteiger partial charge in [0.15, 0.2) is 5.75 Å². The van der Waals surface area contributed by atoms with Gasteiger partial charge in [-0.15, -0.1) is 0 Å². The number of benzene rings is 2. The van der Waals surface area contributed by atoms with Crippen LogP contribution in [0.5, 0.6) is 11.5 Å². The zero-order valence-corrected chi connectivity index (χ0v) is 17.0. The Kier molecular flexibility index (Phi) is 6.89. The van der Waals surface area contributed by atoms with Crippen LogP contribution in [0.1, 0.15) is 18.9 Å². The second kappa shape index (κ2) is 8.47. The van der Waals surface area contributed by atoms with Gasteiger partial charge in [0, 0.05) is 12.2 Å². The van der Waals surface area contributed by atoms with Crippen molar-refractivity contribution in [2.75, 3.05) is 11.9 Å². The number of nitrogens with one attached hydrogen (secondary N) is 1. The minimum atomic E-state index is -0.109. The molecule has 2 aromatic rings. The van der Waals surface area contributed by atoms with E-state index in [1.165, 1.54) is 0 Å². The van der Waals surface area contributed by atoms with Gasteiger partial charge in [-0.1, -0.05) is 30.1 Å². The van der Waals surface area contributed by atoms with Crippen LogP contribution in [0.4, 0.5) is 5.69 Å². The molecule has 0 unspecified atom stereocenters. The molecular weight excluding hydrogens is 469 g/mol. The molecule has 7 heteroatoms. The number of phenols is 1. The number of phenolic OH excluding ortho intramolecular Hbond substituents is 1. The van der Waals surface area contributed by atoms with Crippen molar-refractivity contribution in [3.8, 4) is 11.5 Å². The molecule has 2 aromatic carbocycles. The highest BCUT2D eigenvalue weighted by molar-refractivity contribution is 9.11. The van der Waals surface area contributed by atoms with Gasteiger partial charge in [-0.05, 0) is 68.1 Å². The Bertz CT molecular complexity index is 664. The SMILES string of the molecule is CCCOc1c(Br)cc(CNc2cc(Cl)c(O)c(Cl)c2)cc1Br. The predicted octanol–water partition coefficient (Wildman–Crippen LogP) is 6.62. The molecule has 0 aliphatic carbocycles. The van der Waals surface area contributed by atoms with E-state index in [1.54, 1.807) is 12.1 Å². The Balaban J connectivity index is 2.12. The van der Waals surface area contributed by atoms with Crippen molar-refractivity contribution in [1.29, 1.82) is 0 Å². The zero-order valence-electron chi connectivity index (χ0n) is 12.3. The van der Waals surface area contributed by atoms with Crippen molar-refractivity contribution < 1.29 is 9.84 Å². The van der Waals surface area contributed by atoms with Crippen LogP contribution in [-0.2, 0) is 6.54 Å². The highest BCUT2D eigenvalue weighted by Gasteiger charge is 2.10. The Hall–Kier alpha value is -0.620. The Morgan fingerprint density at radius 1 is 1.09 bits per heavy atom. The van der Waals surface area contributed by atoms with E-state index >= 15 is 0 Å². The average molecular weight is 484 g/mol. The molecule has 0 saturated carbocycles. The molecule has 23 heavy (non-hydrogen) atoms. The molecule has 0 radical (unpaired) electrons. The quantitative estimate of drug-likeness (QED) is 0.453. The van der Waals surface area contributed by atoms with Crippen molar-refractivity contribution >= 4 is 60.7 Å². The summed E-state index contributed by atoms with van der Waals surface area (Å²) >= 11 is 18.9. The standard InChI is InChI=1S/C16H15Br2Cl2NO2/c1-2-3-23-16-11(17)4-9(5-12(16)18)8-21-10-6-13(19)15(22)14(20)7-10/h4-7,21-22H,2-3,8H2,1H3. The first-order chi connectivity index (χ1) is 10.9. The highest BCUT2D eigenvalue weighted by Crippen LogP contribution is 2.36. The maximum atomic E-state index is 9.57. The molecule has 0 atom stereocenters. The highest BCUT2D eigenvalue weighted by atomic mass is 79.9. The molecule has 124 valence electrons. The molecule has 0 heterocycles. The third kappa shape index (κ3) is 4.92. The van der Waals surface area contributed by atoms with Crippen LogP contribution in [0, 0.1) is 0 Å². The van der Waals surface area contributed by atoms with Crippen molar-refractivity contribution in [2.45, 2.75) is 19.9 Å². The lowest BCUT2D eigenvalue weighted by Crippen LogP contribution is -2.02. The summed E-state index contributed by atoms with van der Waals surface area (Å²) in [5.41, 5.74) is 1.78. The van der Waals surface area contributed by atoms with Crippen molar-refractivity contribution in [1.82, 2.24) is 0 Å². The summed E-state index contributed by atoms with van der Waals surface area (Å²) in [4.78, 5) is 0. The number of hydrogen-bond donors (Lipinski definition) is 2. The number of ether oxygens (including phenoxy) is 1. The van der Waals surface area contributed by atoms with Gasteiger partial charge in [0.1, 0.15) is 5.75 Å². The average Bonchev–Trinajstić information content (AvgIpc) is 2.49. The van der Waals surface area contributed by atoms with Crippen LogP contribution in [-0.4, -0.2) is 11.7 Å². The molecule has 2 N–H and O–H groups in total. The van der Waals surface area contributed by atoms with Gasteiger partial charge in [-0.2, -0.15) is 0 Å². The maximum absolute atomic E-state index is 9.57. The van der Waals surface area contributed by atoms with E-state index in [9.17, 15) is 5.11 Å². The smallest absolute Gasteiger partial charge is 0.152 e. The number of aromatic hydroxyl groups is 1. The van der Waals surface area contributed by atoms with Gasteiger partial charge in [0.25, 0.3) is 0 Å². The first kappa shape index (κ1) is 18.7. The Morgan fingerprint density at radius 2 is 1.65 bits per heavy atom. The zero-order chi connectivity index (χ0) is 17.0. The fourth-order valence-electron chi connectivity index (χ4n) is 1.93. The summed E-state index contributed by atoms with van der Waals surface area (Å²) in [5.74, 6) is 0.688. The number of anilines is 1. The molecule has 3 nitrogen and oxygen atoms in total. The third-order valence-corrected chi connectivity index (χ3v) is 4.78. The number of rotatable bonds is 6. The van der Waals surface area contributed by atoms with Crippen LogP contribution < -0.4 is 10.1 Å². The largest absolute Gasteiger partial charge is 0.505 e. The molecular formula is C16H15Br2Cl2NO2. The van der Waals surface area contributed by atoms with Gasteiger partial charge in [-0.25, -0.2) is 0 Å². The second-order valence-electron chi connectivity index (χ2n) is 4.88. The normalized spacial score (nSPS) is 10.7. The van der Waals surface area contributed by atoms with Crippen molar-refractivity contribution in [2.24, 2.45) is 0 Å². The molecule has 0 bridgehead atoms. The summed E-state index contributed by atoms with van der Waals surface area (Å²) < 4.78 is 7.48. The maximum Gasteiger partial charge on any atom is 0.152 e.